The van der Waals surface area contributed by atoms with E-state index in [9.17, 15) is 9.18 Å². The Balaban J connectivity index is 1.43. The number of aromatic nitrogens is 1. The zero-order valence-electron chi connectivity index (χ0n) is 13.5. The van der Waals surface area contributed by atoms with Gasteiger partial charge in [-0.3, -0.25) is 4.79 Å². The molecule has 0 fully saturated rings. The summed E-state index contributed by atoms with van der Waals surface area (Å²) in [7, 11) is 0. The van der Waals surface area contributed by atoms with Crippen LogP contribution in [0.1, 0.15) is 16.1 Å². The van der Waals surface area contributed by atoms with Crippen LogP contribution < -0.4 is 20.1 Å². The van der Waals surface area contributed by atoms with Crippen LogP contribution in [-0.4, -0.2) is 17.1 Å². The fourth-order valence-electron chi connectivity index (χ4n) is 2.50. The third kappa shape index (κ3) is 3.45. The van der Waals surface area contributed by atoms with E-state index >= 15 is 0 Å². The second-order valence-electron chi connectivity index (χ2n) is 5.58. The molecule has 132 valence electrons. The molecule has 0 unspecified atom stereocenters. The SMILES string of the molecule is O=C(Nc1ccc(F)cc1)c1nscc1NCc1ccc2c(c1)OCO2. The molecule has 1 aromatic heterocycles. The summed E-state index contributed by atoms with van der Waals surface area (Å²) in [6.45, 7) is 0.736. The number of carbonyl (C=O) groups excluding carboxylic acids is 1. The first-order chi connectivity index (χ1) is 12.7. The number of rotatable bonds is 5. The number of halogens is 1. The van der Waals surface area contributed by atoms with E-state index in [0.717, 1.165) is 11.3 Å². The molecule has 0 saturated carbocycles. The summed E-state index contributed by atoms with van der Waals surface area (Å²) in [6.07, 6.45) is 0. The smallest absolute Gasteiger partial charge is 0.277 e. The standard InChI is InChI=1S/C18H14FN3O3S/c19-12-2-4-13(5-3-12)21-18(23)17-14(9-26-22-17)20-8-11-1-6-15-16(7-11)25-10-24-15/h1-7,9,20H,8,10H2,(H,21,23). The van der Waals surface area contributed by atoms with E-state index in [0.29, 0.717) is 29.4 Å². The molecule has 0 radical (unpaired) electrons. The summed E-state index contributed by atoms with van der Waals surface area (Å²) in [5, 5.41) is 7.68. The highest BCUT2D eigenvalue weighted by Gasteiger charge is 2.16. The van der Waals surface area contributed by atoms with Crippen LogP contribution in [0.3, 0.4) is 0 Å². The van der Waals surface area contributed by atoms with Gasteiger partial charge in [0.1, 0.15) is 5.82 Å². The zero-order chi connectivity index (χ0) is 17.9. The van der Waals surface area contributed by atoms with E-state index in [1.54, 1.807) is 5.38 Å². The van der Waals surface area contributed by atoms with Gasteiger partial charge in [-0.2, -0.15) is 4.37 Å². The Kier molecular flexibility index (Phi) is 4.40. The van der Waals surface area contributed by atoms with Crippen molar-refractivity contribution in [3.63, 3.8) is 0 Å². The van der Waals surface area contributed by atoms with Gasteiger partial charge < -0.3 is 20.1 Å². The molecule has 26 heavy (non-hydrogen) atoms. The minimum atomic E-state index is -0.359. The Morgan fingerprint density at radius 2 is 1.96 bits per heavy atom. The van der Waals surface area contributed by atoms with Crippen molar-refractivity contribution in [2.45, 2.75) is 6.54 Å². The highest BCUT2D eigenvalue weighted by Crippen LogP contribution is 2.32. The van der Waals surface area contributed by atoms with Gasteiger partial charge in [-0.15, -0.1) is 0 Å². The van der Waals surface area contributed by atoms with E-state index in [1.165, 1.54) is 35.8 Å². The lowest BCUT2D eigenvalue weighted by Gasteiger charge is -2.08. The molecule has 1 aliphatic rings. The molecule has 2 N–H and O–H groups in total. The molecule has 0 spiro atoms. The van der Waals surface area contributed by atoms with E-state index in [1.807, 2.05) is 18.2 Å². The number of amides is 1. The Morgan fingerprint density at radius 3 is 2.81 bits per heavy atom. The number of nitrogens with one attached hydrogen (secondary N) is 2. The maximum Gasteiger partial charge on any atom is 0.277 e. The van der Waals surface area contributed by atoms with Gasteiger partial charge in [0.05, 0.1) is 5.69 Å². The Morgan fingerprint density at radius 1 is 1.15 bits per heavy atom. The lowest BCUT2D eigenvalue weighted by molar-refractivity contribution is 0.102. The number of nitrogens with zero attached hydrogens (tertiary/aromatic N) is 1. The number of ether oxygens (including phenoxy) is 2. The summed E-state index contributed by atoms with van der Waals surface area (Å²) in [6, 6.07) is 11.3. The van der Waals surface area contributed by atoms with Gasteiger partial charge in [0.15, 0.2) is 17.2 Å². The summed E-state index contributed by atoms with van der Waals surface area (Å²) >= 11 is 1.18. The maximum absolute atomic E-state index is 13.0. The molecule has 2 heterocycles. The fraction of sp³-hybridized carbons (Fsp3) is 0.111. The van der Waals surface area contributed by atoms with Crippen LogP contribution in [0.2, 0.25) is 0 Å². The van der Waals surface area contributed by atoms with Crippen LogP contribution in [0, 0.1) is 5.82 Å². The van der Waals surface area contributed by atoms with Crippen LogP contribution in [0.4, 0.5) is 15.8 Å². The summed E-state index contributed by atoms with van der Waals surface area (Å²) in [5.74, 6) is 0.723. The molecular weight excluding hydrogens is 357 g/mol. The highest BCUT2D eigenvalue weighted by molar-refractivity contribution is 7.04. The van der Waals surface area contributed by atoms with Gasteiger partial charge >= 0.3 is 0 Å². The Bertz CT molecular complexity index is 943. The fourth-order valence-corrected chi connectivity index (χ4v) is 3.14. The quantitative estimate of drug-likeness (QED) is 0.712. The largest absolute Gasteiger partial charge is 0.454 e. The van der Waals surface area contributed by atoms with Crippen molar-refractivity contribution in [2.75, 3.05) is 17.4 Å². The summed E-state index contributed by atoms with van der Waals surface area (Å²) in [4.78, 5) is 12.4. The molecule has 0 atom stereocenters. The third-order valence-electron chi connectivity index (χ3n) is 3.81. The van der Waals surface area contributed by atoms with E-state index in [2.05, 4.69) is 15.0 Å². The van der Waals surface area contributed by atoms with Gasteiger partial charge in [-0.05, 0) is 53.5 Å². The van der Waals surface area contributed by atoms with E-state index < -0.39 is 0 Å². The maximum atomic E-state index is 13.0. The van der Waals surface area contributed by atoms with E-state index in [4.69, 9.17) is 9.47 Å². The Hall–Kier alpha value is -3.13. The van der Waals surface area contributed by atoms with Crippen molar-refractivity contribution in [3.05, 3.63) is 64.9 Å². The molecular formula is C18H14FN3O3S. The van der Waals surface area contributed by atoms with Crippen LogP contribution in [-0.2, 0) is 6.54 Å². The van der Waals surface area contributed by atoms with Gasteiger partial charge in [0.2, 0.25) is 6.79 Å². The first kappa shape index (κ1) is 16.3. The lowest BCUT2D eigenvalue weighted by atomic mass is 10.2. The van der Waals surface area contributed by atoms with Crippen molar-refractivity contribution >= 4 is 28.8 Å². The third-order valence-corrected chi connectivity index (χ3v) is 4.44. The first-order valence-corrected chi connectivity index (χ1v) is 8.66. The van der Waals surface area contributed by atoms with Crippen molar-refractivity contribution in [2.24, 2.45) is 0 Å². The highest BCUT2D eigenvalue weighted by atomic mass is 32.1. The molecule has 0 saturated heterocycles. The predicted molar refractivity (Wildman–Crippen MR) is 96.4 cm³/mol. The minimum Gasteiger partial charge on any atom is -0.454 e. The van der Waals surface area contributed by atoms with Crippen molar-refractivity contribution in [3.8, 4) is 11.5 Å². The van der Waals surface area contributed by atoms with Gasteiger partial charge in [-0.25, -0.2) is 4.39 Å². The number of carbonyl (C=O) groups is 1. The van der Waals surface area contributed by atoms with Crippen LogP contribution >= 0.6 is 11.5 Å². The molecule has 0 bridgehead atoms. The van der Waals surface area contributed by atoms with Gasteiger partial charge in [0, 0.05) is 17.6 Å². The van der Waals surface area contributed by atoms with Crippen molar-refractivity contribution in [1.82, 2.24) is 4.37 Å². The number of benzene rings is 2. The van der Waals surface area contributed by atoms with Crippen LogP contribution in [0.15, 0.2) is 47.8 Å². The molecule has 8 heteroatoms. The van der Waals surface area contributed by atoms with Crippen LogP contribution in [0.5, 0.6) is 11.5 Å². The number of fused-ring (bicyclic) bond motifs is 1. The van der Waals surface area contributed by atoms with Gasteiger partial charge in [-0.1, -0.05) is 6.07 Å². The topological polar surface area (TPSA) is 72.5 Å². The lowest BCUT2D eigenvalue weighted by Crippen LogP contribution is -2.14. The molecule has 1 aliphatic heterocycles. The van der Waals surface area contributed by atoms with Crippen molar-refractivity contribution < 1.29 is 18.7 Å². The first-order valence-electron chi connectivity index (χ1n) is 7.83. The number of hydrogen-bond donors (Lipinski definition) is 2. The average molecular weight is 371 g/mol. The molecule has 0 aliphatic carbocycles. The van der Waals surface area contributed by atoms with Gasteiger partial charge in [0.25, 0.3) is 5.91 Å². The Labute approximate surface area is 152 Å². The predicted octanol–water partition coefficient (Wildman–Crippen LogP) is 3.88. The molecule has 6 nitrogen and oxygen atoms in total. The molecule has 2 aromatic carbocycles. The molecule has 4 rings (SSSR count). The number of hydrogen-bond acceptors (Lipinski definition) is 6. The molecule has 3 aromatic rings. The minimum absolute atomic E-state index is 0.231. The van der Waals surface area contributed by atoms with E-state index in [-0.39, 0.29) is 18.5 Å². The summed E-state index contributed by atoms with van der Waals surface area (Å²) < 4.78 is 27.8. The zero-order valence-corrected chi connectivity index (χ0v) is 14.3. The van der Waals surface area contributed by atoms with Crippen molar-refractivity contribution in [1.29, 1.82) is 0 Å². The average Bonchev–Trinajstić information content (AvgIpc) is 3.30. The molecule has 1 amide bonds. The summed E-state index contributed by atoms with van der Waals surface area (Å²) in [5.41, 5.74) is 2.42. The van der Waals surface area contributed by atoms with Crippen LogP contribution in [0.25, 0.3) is 0 Å². The normalized spacial score (nSPS) is 12.0. The number of anilines is 2. The monoisotopic (exact) mass is 371 g/mol. The second kappa shape index (κ2) is 7.01. The second-order valence-corrected chi connectivity index (χ2v) is 6.21.